The van der Waals surface area contributed by atoms with E-state index in [1.54, 1.807) is 33.8 Å². The molecule has 0 radical (unpaired) electrons. The van der Waals surface area contributed by atoms with Crippen molar-refractivity contribution in [1.82, 2.24) is 15.1 Å². The summed E-state index contributed by atoms with van der Waals surface area (Å²) in [5, 5.41) is 10.2. The van der Waals surface area contributed by atoms with E-state index in [9.17, 15) is 9.59 Å². The van der Waals surface area contributed by atoms with Crippen molar-refractivity contribution in [2.24, 2.45) is 0 Å². The maximum atomic E-state index is 12.7. The fraction of sp³-hybridized carbons (Fsp3) is 0.190. The number of aryl methyl sites for hydroxylation is 1. The highest BCUT2D eigenvalue weighted by atomic mass is 16.2. The van der Waals surface area contributed by atoms with Crippen molar-refractivity contribution in [3.8, 4) is 0 Å². The van der Waals surface area contributed by atoms with E-state index in [1.165, 1.54) is 0 Å². The number of nitrogens with zero attached hydrogens (tertiary/aromatic N) is 3. The lowest BCUT2D eigenvalue weighted by Crippen LogP contribution is -2.27. The van der Waals surface area contributed by atoms with Crippen molar-refractivity contribution >= 4 is 23.4 Å². The van der Waals surface area contributed by atoms with E-state index >= 15 is 0 Å². The van der Waals surface area contributed by atoms with E-state index in [0.717, 1.165) is 16.9 Å². The van der Waals surface area contributed by atoms with E-state index in [-0.39, 0.29) is 11.9 Å². The minimum Gasteiger partial charge on any atom is -0.336 e. The molecule has 7 nitrogen and oxygen atoms in total. The molecule has 3 aromatic rings. The van der Waals surface area contributed by atoms with Gasteiger partial charge in [-0.3, -0.25) is 9.69 Å². The number of urea groups is 1. The number of nitrogens with one attached hydrogen (secondary N) is 2. The fourth-order valence-corrected chi connectivity index (χ4v) is 3.22. The first kappa shape index (κ1) is 17.8. The maximum Gasteiger partial charge on any atom is 0.321 e. The molecule has 1 fully saturated rings. The van der Waals surface area contributed by atoms with E-state index in [2.05, 4.69) is 15.7 Å². The van der Waals surface area contributed by atoms with Gasteiger partial charge in [0.05, 0.1) is 12.2 Å². The number of hydrogen-bond acceptors (Lipinski definition) is 3. The number of benzene rings is 2. The van der Waals surface area contributed by atoms with Crippen LogP contribution in [0, 0.1) is 6.92 Å². The second-order valence-electron chi connectivity index (χ2n) is 6.70. The molecule has 0 unspecified atom stereocenters. The van der Waals surface area contributed by atoms with Crippen LogP contribution in [-0.4, -0.2) is 34.8 Å². The Labute approximate surface area is 163 Å². The van der Waals surface area contributed by atoms with Gasteiger partial charge in [-0.25, -0.2) is 9.48 Å². The Kier molecular flexibility index (Phi) is 4.80. The molecule has 0 spiro atoms. The number of carbonyl (C=O) groups is 2. The van der Waals surface area contributed by atoms with Gasteiger partial charge < -0.3 is 10.6 Å². The zero-order valence-corrected chi connectivity index (χ0v) is 15.6. The number of hydrogen-bond donors (Lipinski definition) is 2. The standard InChI is InChI=1S/C21H21N5O2/c1-15-13-19(26(24-15)14-16-5-3-2-4-6-16)23-20(27)17-7-9-18(10-8-17)25-12-11-22-21(25)28/h2-10,13H,11-12,14H2,1H3,(H,22,28)(H,23,27). The summed E-state index contributed by atoms with van der Waals surface area (Å²) in [6.45, 7) is 3.73. The molecule has 0 bridgehead atoms. The summed E-state index contributed by atoms with van der Waals surface area (Å²) in [5.41, 5.74) is 3.24. The number of rotatable bonds is 5. The molecular formula is C21H21N5O2. The second-order valence-corrected chi connectivity index (χ2v) is 6.70. The third kappa shape index (κ3) is 3.73. The minimum absolute atomic E-state index is 0.113. The average molecular weight is 375 g/mol. The zero-order chi connectivity index (χ0) is 19.5. The molecule has 0 aliphatic carbocycles. The number of amides is 3. The molecule has 2 aromatic carbocycles. The summed E-state index contributed by atoms with van der Waals surface area (Å²) < 4.78 is 1.78. The molecule has 28 heavy (non-hydrogen) atoms. The Morgan fingerprint density at radius 2 is 1.89 bits per heavy atom. The predicted octanol–water partition coefficient (Wildman–Crippen LogP) is 3.02. The lowest BCUT2D eigenvalue weighted by Gasteiger charge is -2.14. The number of anilines is 2. The van der Waals surface area contributed by atoms with Crippen molar-refractivity contribution in [1.29, 1.82) is 0 Å². The molecule has 4 rings (SSSR count). The molecular weight excluding hydrogens is 354 g/mol. The van der Waals surface area contributed by atoms with Gasteiger partial charge in [0.2, 0.25) is 0 Å². The molecule has 1 aliphatic rings. The number of carbonyl (C=O) groups excluding carboxylic acids is 2. The van der Waals surface area contributed by atoms with Gasteiger partial charge >= 0.3 is 6.03 Å². The van der Waals surface area contributed by atoms with Gasteiger partial charge in [0, 0.05) is 30.4 Å². The van der Waals surface area contributed by atoms with Gasteiger partial charge in [0.1, 0.15) is 5.82 Å². The topological polar surface area (TPSA) is 79.3 Å². The zero-order valence-electron chi connectivity index (χ0n) is 15.6. The van der Waals surface area contributed by atoms with Crippen LogP contribution in [0.5, 0.6) is 0 Å². The van der Waals surface area contributed by atoms with Crippen molar-refractivity contribution in [2.75, 3.05) is 23.3 Å². The molecule has 0 atom stereocenters. The summed E-state index contributed by atoms with van der Waals surface area (Å²) in [6.07, 6.45) is 0. The van der Waals surface area contributed by atoms with Gasteiger partial charge in [-0.05, 0) is 36.8 Å². The van der Waals surface area contributed by atoms with E-state index in [1.807, 2.05) is 43.3 Å². The van der Waals surface area contributed by atoms with E-state index in [0.29, 0.717) is 31.0 Å². The molecule has 1 aromatic heterocycles. The summed E-state index contributed by atoms with van der Waals surface area (Å²) in [6, 6.07) is 18.7. The first-order valence-corrected chi connectivity index (χ1v) is 9.15. The predicted molar refractivity (Wildman–Crippen MR) is 108 cm³/mol. The quantitative estimate of drug-likeness (QED) is 0.719. The first-order valence-electron chi connectivity index (χ1n) is 9.15. The molecule has 2 N–H and O–H groups in total. The van der Waals surface area contributed by atoms with Gasteiger partial charge in [-0.1, -0.05) is 30.3 Å². The van der Waals surface area contributed by atoms with Gasteiger partial charge in [-0.2, -0.15) is 5.10 Å². The molecule has 1 saturated heterocycles. The summed E-state index contributed by atoms with van der Waals surface area (Å²) in [7, 11) is 0. The Morgan fingerprint density at radius 3 is 2.57 bits per heavy atom. The highest BCUT2D eigenvalue weighted by Gasteiger charge is 2.21. The molecule has 3 amide bonds. The second kappa shape index (κ2) is 7.56. The lowest BCUT2D eigenvalue weighted by atomic mass is 10.2. The van der Waals surface area contributed by atoms with Crippen LogP contribution in [-0.2, 0) is 6.54 Å². The van der Waals surface area contributed by atoms with Crippen LogP contribution in [0.1, 0.15) is 21.6 Å². The fourth-order valence-electron chi connectivity index (χ4n) is 3.22. The normalized spacial score (nSPS) is 13.5. The monoisotopic (exact) mass is 375 g/mol. The summed E-state index contributed by atoms with van der Waals surface area (Å²) in [4.78, 5) is 26.1. The third-order valence-corrected chi connectivity index (χ3v) is 4.62. The van der Waals surface area contributed by atoms with Gasteiger partial charge in [0.25, 0.3) is 5.91 Å². The Morgan fingerprint density at radius 1 is 1.14 bits per heavy atom. The molecule has 1 aliphatic heterocycles. The minimum atomic E-state index is -0.216. The van der Waals surface area contributed by atoms with Crippen molar-refractivity contribution in [2.45, 2.75) is 13.5 Å². The lowest BCUT2D eigenvalue weighted by molar-refractivity contribution is 0.102. The summed E-state index contributed by atoms with van der Waals surface area (Å²) >= 11 is 0. The van der Waals surface area contributed by atoms with E-state index < -0.39 is 0 Å². The SMILES string of the molecule is Cc1cc(NC(=O)c2ccc(N3CCNC3=O)cc2)n(Cc2ccccc2)n1. The van der Waals surface area contributed by atoms with Crippen LogP contribution < -0.4 is 15.5 Å². The van der Waals surface area contributed by atoms with Crippen LogP contribution in [0.3, 0.4) is 0 Å². The third-order valence-electron chi connectivity index (χ3n) is 4.62. The number of aromatic nitrogens is 2. The van der Waals surface area contributed by atoms with Crippen LogP contribution in [0.25, 0.3) is 0 Å². The highest BCUT2D eigenvalue weighted by Crippen LogP contribution is 2.19. The van der Waals surface area contributed by atoms with Gasteiger partial charge in [-0.15, -0.1) is 0 Å². The molecule has 142 valence electrons. The van der Waals surface area contributed by atoms with Crippen molar-refractivity contribution < 1.29 is 9.59 Å². The Balaban J connectivity index is 1.48. The van der Waals surface area contributed by atoms with Crippen molar-refractivity contribution in [3.63, 3.8) is 0 Å². The molecule has 2 heterocycles. The first-order chi connectivity index (χ1) is 13.6. The Bertz CT molecular complexity index is 995. The molecule has 0 saturated carbocycles. The smallest absolute Gasteiger partial charge is 0.321 e. The van der Waals surface area contributed by atoms with E-state index in [4.69, 9.17) is 0 Å². The Hall–Kier alpha value is -3.61. The maximum absolute atomic E-state index is 12.7. The molecule has 7 heteroatoms. The van der Waals surface area contributed by atoms with Crippen LogP contribution in [0.2, 0.25) is 0 Å². The van der Waals surface area contributed by atoms with Gasteiger partial charge in [0.15, 0.2) is 0 Å². The highest BCUT2D eigenvalue weighted by molar-refractivity contribution is 6.04. The largest absolute Gasteiger partial charge is 0.336 e. The van der Waals surface area contributed by atoms with Crippen LogP contribution >= 0.6 is 0 Å². The summed E-state index contributed by atoms with van der Waals surface area (Å²) in [5.74, 6) is 0.431. The average Bonchev–Trinajstić information content (AvgIpc) is 3.28. The van der Waals surface area contributed by atoms with Crippen LogP contribution in [0.4, 0.5) is 16.3 Å². The van der Waals surface area contributed by atoms with Crippen molar-refractivity contribution in [3.05, 3.63) is 77.5 Å². The van der Waals surface area contributed by atoms with Crippen LogP contribution in [0.15, 0.2) is 60.7 Å².